The smallest absolute Gasteiger partial charge is 0.237 e. The Morgan fingerprint density at radius 2 is 2.00 bits per heavy atom. The quantitative estimate of drug-likeness (QED) is 0.892. The van der Waals surface area contributed by atoms with Crippen molar-refractivity contribution >= 4 is 5.91 Å². The lowest BCUT2D eigenvalue weighted by molar-refractivity contribution is -0.125. The van der Waals surface area contributed by atoms with E-state index < -0.39 is 23.7 Å². The monoisotopic (exact) mass is 298 g/mol. The lowest BCUT2D eigenvalue weighted by Gasteiger charge is -2.27. The summed E-state index contributed by atoms with van der Waals surface area (Å²) in [6, 6.07) is 2.54. The minimum Gasteiger partial charge on any atom is -0.381 e. The van der Waals surface area contributed by atoms with Crippen LogP contribution in [0.15, 0.2) is 18.2 Å². The molecule has 1 aliphatic rings. The maximum Gasteiger partial charge on any atom is 0.237 e. The van der Waals surface area contributed by atoms with Crippen molar-refractivity contribution in [3.63, 3.8) is 0 Å². The number of benzene rings is 1. The van der Waals surface area contributed by atoms with Crippen molar-refractivity contribution in [1.29, 1.82) is 0 Å². The molecule has 2 unspecified atom stereocenters. The molecule has 2 atom stereocenters. The third-order valence-corrected chi connectivity index (χ3v) is 3.88. The summed E-state index contributed by atoms with van der Waals surface area (Å²) in [6.07, 6.45) is 1.52. The van der Waals surface area contributed by atoms with E-state index in [4.69, 9.17) is 10.5 Å². The van der Waals surface area contributed by atoms with Gasteiger partial charge in [-0.3, -0.25) is 4.79 Å². The van der Waals surface area contributed by atoms with E-state index in [1.165, 1.54) is 6.07 Å². The third-order valence-electron chi connectivity index (χ3n) is 3.88. The second-order valence-corrected chi connectivity index (χ2v) is 5.38. The zero-order valence-electron chi connectivity index (χ0n) is 11.9. The first-order valence-corrected chi connectivity index (χ1v) is 7.07. The average molecular weight is 298 g/mol. The van der Waals surface area contributed by atoms with Gasteiger partial charge in [0, 0.05) is 13.2 Å². The number of hydrogen-bond acceptors (Lipinski definition) is 3. The van der Waals surface area contributed by atoms with Gasteiger partial charge in [0.15, 0.2) is 11.6 Å². The number of hydrogen-bond donors (Lipinski definition) is 2. The Hall–Kier alpha value is -1.53. The molecule has 4 nitrogen and oxygen atoms in total. The van der Waals surface area contributed by atoms with E-state index in [0.717, 1.165) is 25.0 Å². The first-order valence-electron chi connectivity index (χ1n) is 7.07. The highest BCUT2D eigenvalue weighted by Gasteiger charge is 2.27. The fourth-order valence-electron chi connectivity index (χ4n) is 2.46. The summed E-state index contributed by atoms with van der Waals surface area (Å²) in [5, 5.41) is 2.75. The van der Waals surface area contributed by atoms with E-state index in [-0.39, 0.29) is 11.8 Å². The van der Waals surface area contributed by atoms with Gasteiger partial charge in [-0.1, -0.05) is 6.07 Å². The van der Waals surface area contributed by atoms with Gasteiger partial charge in [0.1, 0.15) is 0 Å². The number of nitrogens with two attached hydrogens (primary N) is 1. The summed E-state index contributed by atoms with van der Waals surface area (Å²) in [4.78, 5) is 12.1. The Bertz CT molecular complexity index is 504. The van der Waals surface area contributed by atoms with Crippen molar-refractivity contribution in [2.45, 2.75) is 31.8 Å². The minimum atomic E-state index is -0.928. The molecule has 3 N–H and O–H groups in total. The highest BCUT2D eigenvalue weighted by atomic mass is 19.2. The summed E-state index contributed by atoms with van der Waals surface area (Å²) in [6.45, 7) is 2.94. The van der Waals surface area contributed by atoms with E-state index in [9.17, 15) is 13.6 Å². The number of amides is 1. The van der Waals surface area contributed by atoms with Crippen molar-refractivity contribution in [2.24, 2.45) is 11.7 Å². The standard InChI is InChI=1S/C15H20F2N2O2/c1-9(11-2-3-12(16)13(17)8-11)19-15(20)14(18)10-4-6-21-7-5-10/h2-3,8-10,14H,4-7,18H2,1H3,(H,19,20). The highest BCUT2D eigenvalue weighted by Crippen LogP contribution is 2.20. The topological polar surface area (TPSA) is 64.4 Å². The first-order chi connectivity index (χ1) is 9.99. The number of halogens is 2. The van der Waals surface area contributed by atoms with Crippen LogP contribution >= 0.6 is 0 Å². The SMILES string of the molecule is CC(NC(=O)C(N)C1CCOCC1)c1ccc(F)c(F)c1. The second-order valence-electron chi connectivity index (χ2n) is 5.38. The molecule has 0 aliphatic carbocycles. The number of nitrogens with one attached hydrogen (secondary N) is 1. The third kappa shape index (κ3) is 3.98. The van der Waals surface area contributed by atoms with Crippen LogP contribution in [0, 0.1) is 17.6 Å². The van der Waals surface area contributed by atoms with Gasteiger partial charge in [0.2, 0.25) is 5.91 Å². The van der Waals surface area contributed by atoms with Crippen molar-refractivity contribution in [2.75, 3.05) is 13.2 Å². The van der Waals surface area contributed by atoms with Crippen LogP contribution in [0.2, 0.25) is 0 Å². The normalized spacial score (nSPS) is 19.0. The van der Waals surface area contributed by atoms with E-state index in [2.05, 4.69) is 5.32 Å². The van der Waals surface area contributed by atoms with E-state index in [1.54, 1.807) is 6.92 Å². The number of rotatable bonds is 4. The largest absolute Gasteiger partial charge is 0.381 e. The van der Waals surface area contributed by atoms with Crippen LogP contribution in [-0.2, 0) is 9.53 Å². The van der Waals surface area contributed by atoms with Crippen molar-refractivity contribution < 1.29 is 18.3 Å². The predicted octanol–water partition coefficient (Wildman–Crippen LogP) is 1.90. The van der Waals surface area contributed by atoms with Crippen LogP contribution in [-0.4, -0.2) is 25.2 Å². The van der Waals surface area contributed by atoms with Gasteiger partial charge in [0.05, 0.1) is 12.1 Å². The zero-order valence-corrected chi connectivity index (χ0v) is 11.9. The molecule has 116 valence electrons. The summed E-state index contributed by atoms with van der Waals surface area (Å²) in [5.74, 6) is -2.02. The lowest BCUT2D eigenvalue weighted by Crippen LogP contribution is -2.47. The molecule has 0 spiro atoms. The summed E-state index contributed by atoms with van der Waals surface area (Å²) >= 11 is 0. The van der Waals surface area contributed by atoms with Crippen molar-refractivity contribution in [3.05, 3.63) is 35.4 Å². The molecule has 6 heteroatoms. The first kappa shape index (κ1) is 15.9. The zero-order chi connectivity index (χ0) is 15.4. The summed E-state index contributed by atoms with van der Waals surface area (Å²) < 4.78 is 31.3. The molecular weight excluding hydrogens is 278 g/mol. The molecule has 0 saturated carbocycles. The molecular formula is C15H20F2N2O2. The van der Waals surface area contributed by atoms with Gasteiger partial charge in [-0.05, 0) is 43.4 Å². The summed E-state index contributed by atoms with van der Waals surface area (Å²) in [5.41, 5.74) is 6.47. The molecule has 2 rings (SSSR count). The fourth-order valence-corrected chi connectivity index (χ4v) is 2.46. The molecule has 0 aromatic heterocycles. The predicted molar refractivity (Wildman–Crippen MR) is 74.4 cm³/mol. The molecule has 1 aromatic rings. The van der Waals surface area contributed by atoms with Gasteiger partial charge < -0.3 is 15.8 Å². The van der Waals surface area contributed by atoms with E-state index in [1.807, 2.05) is 0 Å². The Labute approximate surface area is 122 Å². The van der Waals surface area contributed by atoms with Gasteiger partial charge in [-0.2, -0.15) is 0 Å². The van der Waals surface area contributed by atoms with Gasteiger partial charge in [0.25, 0.3) is 0 Å². The highest BCUT2D eigenvalue weighted by molar-refractivity contribution is 5.82. The number of carbonyl (C=O) groups excluding carboxylic acids is 1. The van der Waals surface area contributed by atoms with Crippen LogP contribution in [0.5, 0.6) is 0 Å². The van der Waals surface area contributed by atoms with Crippen LogP contribution in [0.3, 0.4) is 0 Å². The maximum absolute atomic E-state index is 13.2. The van der Waals surface area contributed by atoms with Crippen LogP contribution in [0.4, 0.5) is 8.78 Å². The molecule has 1 saturated heterocycles. The Morgan fingerprint density at radius 3 is 2.62 bits per heavy atom. The molecule has 1 fully saturated rings. The van der Waals surface area contributed by atoms with Crippen LogP contribution < -0.4 is 11.1 Å². The summed E-state index contributed by atoms with van der Waals surface area (Å²) in [7, 11) is 0. The van der Waals surface area contributed by atoms with Crippen molar-refractivity contribution in [1.82, 2.24) is 5.32 Å². The molecule has 0 bridgehead atoms. The van der Waals surface area contributed by atoms with Crippen molar-refractivity contribution in [3.8, 4) is 0 Å². The second kappa shape index (κ2) is 6.95. The van der Waals surface area contributed by atoms with Crippen LogP contribution in [0.25, 0.3) is 0 Å². The van der Waals surface area contributed by atoms with Crippen LogP contribution in [0.1, 0.15) is 31.4 Å². The molecule has 21 heavy (non-hydrogen) atoms. The van der Waals surface area contributed by atoms with E-state index >= 15 is 0 Å². The van der Waals surface area contributed by atoms with Gasteiger partial charge >= 0.3 is 0 Å². The van der Waals surface area contributed by atoms with E-state index in [0.29, 0.717) is 18.8 Å². The molecule has 0 radical (unpaired) electrons. The van der Waals surface area contributed by atoms with Gasteiger partial charge in [-0.25, -0.2) is 8.78 Å². The number of ether oxygens (including phenoxy) is 1. The average Bonchev–Trinajstić information content (AvgIpc) is 2.50. The fraction of sp³-hybridized carbons (Fsp3) is 0.533. The lowest BCUT2D eigenvalue weighted by atomic mass is 9.91. The van der Waals surface area contributed by atoms with Gasteiger partial charge in [-0.15, -0.1) is 0 Å². The minimum absolute atomic E-state index is 0.0934. The maximum atomic E-state index is 13.2. The molecule has 1 amide bonds. The molecule has 1 aliphatic heterocycles. The Morgan fingerprint density at radius 1 is 1.33 bits per heavy atom. The molecule has 1 aromatic carbocycles. The Kier molecular flexibility index (Phi) is 5.25. The Balaban J connectivity index is 1.95. The molecule has 1 heterocycles. The number of carbonyl (C=O) groups is 1.